The average molecular weight is 391 g/mol. The van der Waals surface area contributed by atoms with Crippen molar-refractivity contribution in [1.29, 1.82) is 0 Å². The Morgan fingerprint density at radius 2 is 1.68 bits per heavy atom. The van der Waals surface area contributed by atoms with E-state index in [0.717, 1.165) is 12.1 Å². The minimum Gasteiger partial charge on any atom is -0.486 e. The van der Waals surface area contributed by atoms with Crippen LogP contribution < -0.4 is 14.2 Å². The van der Waals surface area contributed by atoms with Crippen LogP contribution in [0, 0.1) is 0 Å². The van der Waals surface area contributed by atoms with Crippen molar-refractivity contribution in [3.05, 3.63) is 48.0 Å². The van der Waals surface area contributed by atoms with Crippen molar-refractivity contribution < 1.29 is 37.3 Å². The molecule has 1 aliphatic heterocycles. The topological polar surface area (TPSA) is 77.9 Å². The number of aromatic nitrogens is 1. The number of alkyl halides is 3. The zero-order valence-corrected chi connectivity index (χ0v) is 14.1. The Bertz CT molecular complexity index is 1060. The highest BCUT2D eigenvalue weighted by atomic mass is 19.4. The van der Waals surface area contributed by atoms with E-state index in [1.807, 2.05) is 0 Å². The Kier molecular flexibility index (Phi) is 4.21. The zero-order valence-electron chi connectivity index (χ0n) is 14.1. The summed E-state index contributed by atoms with van der Waals surface area (Å²) in [6.45, 7) is 0.726. The Hall–Kier alpha value is -3.49. The lowest BCUT2D eigenvalue weighted by Crippen LogP contribution is -2.16. The molecule has 0 amide bonds. The highest BCUT2D eigenvalue weighted by Gasteiger charge is 2.31. The number of rotatable bonds is 3. The van der Waals surface area contributed by atoms with Crippen LogP contribution in [0.15, 0.2) is 42.5 Å². The average Bonchev–Trinajstić information content (AvgIpc) is 2.64. The normalized spacial score (nSPS) is 13.4. The number of carboxylic acids is 1. The van der Waals surface area contributed by atoms with Crippen molar-refractivity contribution in [3.8, 4) is 28.5 Å². The smallest absolute Gasteiger partial charge is 0.486 e. The third-order valence-electron chi connectivity index (χ3n) is 4.09. The van der Waals surface area contributed by atoms with E-state index in [1.54, 1.807) is 12.1 Å². The Morgan fingerprint density at radius 1 is 1.04 bits per heavy atom. The number of ether oxygens (including phenoxy) is 3. The second kappa shape index (κ2) is 6.59. The molecule has 0 fully saturated rings. The maximum absolute atomic E-state index is 12.3. The molecule has 0 saturated heterocycles. The fourth-order valence-electron chi connectivity index (χ4n) is 2.91. The first-order valence-electron chi connectivity index (χ1n) is 8.14. The minimum absolute atomic E-state index is 0.00686. The van der Waals surface area contributed by atoms with Gasteiger partial charge in [-0.3, -0.25) is 0 Å². The molecule has 1 aromatic heterocycles. The molecule has 1 N–H and O–H groups in total. The summed E-state index contributed by atoms with van der Waals surface area (Å²) in [6.07, 6.45) is -4.79. The first kappa shape index (κ1) is 17.9. The van der Waals surface area contributed by atoms with E-state index in [-0.39, 0.29) is 11.3 Å². The van der Waals surface area contributed by atoms with Crippen LogP contribution in [-0.2, 0) is 0 Å². The van der Waals surface area contributed by atoms with E-state index in [0.29, 0.717) is 46.9 Å². The van der Waals surface area contributed by atoms with Crippen LogP contribution >= 0.6 is 0 Å². The highest BCUT2D eigenvalue weighted by Crippen LogP contribution is 2.36. The predicted octanol–water partition coefficient (Wildman–Crippen LogP) is 4.27. The number of fused-ring (bicyclic) bond motifs is 2. The molecule has 144 valence electrons. The van der Waals surface area contributed by atoms with Gasteiger partial charge >= 0.3 is 12.3 Å². The molecule has 4 rings (SSSR count). The first-order valence-corrected chi connectivity index (χ1v) is 8.14. The molecule has 6 nitrogen and oxygen atoms in total. The molecule has 0 radical (unpaired) electrons. The molecule has 28 heavy (non-hydrogen) atoms. The fraction of sp³-hybridized carbons (Fsp3) is 0.158. The van der Waals surface area contributed by atoms with E-state index < -0.39 is 12.3 Å². The number of hydrogen-bond acceptors (Lipinski definition) is 5. The van der Waals surface area contributed by atoms with Crippen LogP contribution in [0.5, 0.6) is 17.2 Å². The minimum atomic E-state index is -4.79. The third-order valence-corrected chi connectivity index (χ3v) is 4.09. The summed E-state index contributed by atoms with van der Waals surface area (Å²) in [5.41, 5.74) is 1.09. The lowest BCUT2D eigenvalue weighted by atomic mass is 10.0. The van der Waals surface area contributed by atoms with E-state index in [9.17, 15) is 23.1 Å². The quantitative estimate of drug-likeness (QED) is 0.719. The Balaban J connectivity index is 1.80. The summed E-state index contributed by atoms with van der Waals surface area (Å²) in [6, 6.07) is 9.53. The van der Waals surface area contributed by atoms with Gasteiger partial charge in [0, 0.05) is 17.0 Å². The summed E-state index contributed by atoms with van der Waals surface area (Å²) in [7, 11) is 0. The predicted molar refractivity (Wildman–Crippen MR) is 91.8 cm³/mol. The zero-order chi connectivity index (χ0) is 19.9. The molecular formula is C19H12F3NO5. The van der Waals surface area contributed by atoms with Crippen LogP contribution in [0.1, 0.15) is 10.4 Å². The second-order valence-electron chi connectivity index (χ2n) is 5.95. The summed E-state index contributed by atoms with van der Waals surface area (Å²) in [5.74, 6) is -0.657. The van der Waals surface area contributed by atoms with Crippen LogP contribution in [0.2, 0.25) is 0 Å². The molecular weight excluding hydrogens is 379 g/mol. The summed E-state index contributed by atoms with van der Waals surface area (Å²) in [5, 5.41) is 9.96. The Morgan fingerprint density at radius 3 is 2.29 bits per heavy atom. The maximum Gasteiger partial charge on any atom is 0.573 e. The van der Waals surface area contributed by atoms with Gasteiger partial charge in [-0.15, -0.1) is 13.2 Å². The van der Waals surface area contributed by atoms with Crippen molar-refractivity contribution in [1.82, 2.24) is 4.98 Å². The third kappa shape index (κ3) is 3.51. The van der Waals surface area contributed by atoms with Gasteiger partial charge in [-0.25, -0.2) is 9.78 Å². The van der Waals surface area contributed by atoms with Gasteiger partial charge in [0.2, 0.25) is 0 Å². The number of nitrogens with zero attached hydrogens (tertiary/aromatic N) is 1. The van der Waals surface area contributed by atoms with E-state index in [2.05, 4.69) is 9.72 Å². The summed E-state index contributed by atoms with van der Waals surface area (Å²) >= 11 is 0. The van der Waals surface area contributed by atoms with Gasteiger partial charge in [-0.2, -0.15) is 0 Å². The van der Waals surface area contributed by atoms with Crippen molar-refractivity contribution in [2.45, 2.75) is 6.36 Å². The molecule has 0 bridgehead atoms. The largest absolute Gasteiger partial charge is 0.573 e. The van der Waals surface area contributed by atoms with Gasteiger partial charge < -0.3 is 19.3 Å². The van der Waals surface area contributed by atoms with E-state index in [1.165, 1.54) is 18.2 Å². The van der Waals surface area contributed by atoms with Gasteiger partial charge in [0.1, 0.15) is 19.0 Å². The molecule has 2 heterocycles. The van der Waals surface area contributed by atoms with Crippen LogP contribution in [-0.4, -0.2) is 35.6 Å². The molecule has 0 unspecified atom stereocenters. The van der Waals surface area contributed by atoms with Crippen molar-refractivity contribution >= 4 is 16.9 Å². The van der Waals surface area contributed by atoms with Crippen molar-refractivity contribution in [2.75, 3.05) is 13.2 Å². The van der Waals surface area contributed by atoms with Gasteiger partial charge in [-0.1, -0.05) is 0 Å². The molecule has 0 spiro atoms. The van der Waals surface area contributed by atoms with Crippen molar-refractivity contribution in [3.63, 3.8) is 0 Å². The number of hydrogen-bond donors (Lipinski definition) is 1. The van der Waals surface area contributed by atoms with Crippen molar-refractivity contribution in [2.24, 2.45) is 0 Å². The number of pyridine rings is 1. The summed E-state index contributed by atoms with van der Waals surface area (Å²) < 4.78 is 51.7. The highest BCUT2D eigenvalue weighted by molar-refractivity contribution is 6.04. The lowest BCUT2D eigenvalue weighted by Gasteiger charge is -2.19. The molecule has 9 heteroatoms. The molecule has 3 aromatic rings. The molecule has 1 aliphatic rings. The number of halogens is 3. The number of aromatic carboxylic acids is 1. The fourth-order valence-corrected chi connectivity index (χ4v) is 2.91. The van der Waals surface area contributed by atoms with Crippen LogP contribution in [0.25, 0.3) is 22.2 Å². The Labute approximate surface area is 156 Å². The molecule has 2 aromatic carbocycles. The van der Waals surface area contributed by atoms with Gasteiger partial charge in [0.15, 0.2) is 11.5 Å². The monoisotopic (exact) mass is 391 g/mol. The van der Waals surface area contributed by atoms with Crippen LogP contribution in [0.4, 0.5) is 13.2 Å². The number of carboxylic acid groups (broad SMARTS) is 1. The lowest BCUT2D eigenvalue weighted by molar-refractivity contribution is -0.274. The second-order valence-corrected chi connectivity index (χ2v) is 5.95. The summed E-state index contributed by atoms with van der Waals surface area (Å²) in [4.78, 5) is 16.2. The SMILES string of the molecule is O=C(O)c1cc(-c2ccc(OC(F)(F)F)cc2)nc2cc3c(cc12)OCCO3. The number of carbonyl (C=O) groups is 1. The molecule has 0 aliphatic carbocycles. The molecule has 0 atom stereocenters. The van der Waals surface area contributed by atoms with Gasteiger partial charge in [-0.05, 0) is 36.4 Å². The standard InChI is InChI=1S/C19H12F3NO5/c20-19(21,22)28-11-3-1-10(2-4-11)14-7-13(18(24)25)12-8-16-17(9-15(12)23-14)27-6-5-26-16/h1-4,7-9H,5-6H2,(H,24,25). The maximum atomic E-state index is 12.3. The van der Waals surface area contributed by atoms with Gasteiger partial charge in [0.05, 0.1) is 16.8 Å². The van der Waals surface area contributed by atoms with E-state index in [4.69, 9.17) is 9.47 Å². The molecule has 0 saturated carbocycles. The van der Waals surface area contributed by atoms with Crippen LogP contribution in [0.3, 0.4) is 0 Å². The van der Waals surface area contributed by atoms with Gasteiger partial charge in [0.25, 0.3) is 0 Å². The number of benzene rings is 2. The van der Waals surface area contributed by atoms with E-state index >= 15 is 0 Å². The first-order chi connectivity index (χ1) is 13.3.